The number of nitrogens with zero attached hydrogens (tertiary/aromatic N) is 4. The summed E-state index contributed by atoms with van der Waals surface area (Å²) < 4.78 is 13.5. The fourth-order valence-corrected chi connectivity index (χ4v) is 9.54. The first kappa shape index (κ1) is 31.3. The average molecular weight is 741 g/mol. The number of hydrogen-bond donors (Lipinski definition) is 0. The molecule has 0 fully saturated rings. The Hall–Kier alpha value is -7.89. The van der Waals surface area contributed by atoms with Crippen molar-refractivity contribution in [3.63, 3.8) is 0 Å². The monoisotopic (exact) mass is 740 g/mol. The molecule has 0 atom stereocenters. The van der Waals surface area contributed by atoms with E-state index in [0.717, 1.165) is 72.1 Å². The fourth-order valence-electron chi connectivity index (χ4n) is 9.54. The lowest BCUT2D eigenvalue weighted by molar-refractivity contribution is 0.669. The zero-order valence-electron chi connectivity index (χ0n) is 31.2. The standard InChI is InChI=1S/C53H32N4O/c1-5-18-46-38(13-1)39-14-2-6-19-47(39)55(46)35-12-9-11-33(29-35)34-22-26-51-44(30-34)45-32-37(24-27-52(45)58-51)57-50-25-23-36(31-43(50)42-17-10-28-54-53(42)57)56-48-20-7-3-15-40(48)41-16-4-8-21-49(41)56/h1-32H. The van der Waals surface area contributed by atoms with Gasteiger partial charge in [0.15, 0.2) is 0 Å². The number of benzene rings is 8. The molecule has 0 saturated carbocycles. The van der Waals surface area contributed by atoms with Gasteiger partial charge in [-0.2, -0.15) is 0 Å². The number of fused-ring (bicyclic) bond motifs is 12. The second-order valence-electron chi connectivity index (χ2n) is 15.2. The van der Waals surface area contributed by atoms with Gasteiger partial charge in [0.2, 0.25) is 0 Å². The summed E-state index contributed by atoms with van der Waals surface area (Å²) in [6, 6.07) is 67.6. The topological polar surface area (TPSA) is 40.8 Å². The molecule has 58 heavy (non-hydrogen) atoms. The van der Waals surface area contributed by atoms with Crippen LogP contribution in [0, 0.1) is 0 Å². The summed E-state index contributed by atoms with van der Waals surface area (Å²) in [5.74, 6) is 0. The molecule has 0 saturated heterocycles. The molecule has 5 heteroatoms. The van der Waals surface area contributed by atoms with Crippen LogP contribution in [0.3, 0.4) is 0 Å². The van der Waals surface area contributed by atoms with Crippen LogP contribution in [-0.4, -0.2) is 18.7 Å². The highest BCUT2D eigenvalue weighted by Gasteiger charge is 2.19. The Kier molecular flexibility index (Phi) is 6.38. The van der Waals surface area contributed by atoms with Gasteiger partial charge in [0.25, 0.3) is 0 Å². The predicted octanol–water partition coefficient (Wildman–Crippen LogP) is 13.9. The quantitative estimate of drug-likeness (QED) is 0.180. The summed E-state index contributed by atoms with van der Waals surface area (Å²) in [6.45, 7) is 0. The fraction of sp³-hybridized carbons (Fsp3) is 0. The summed E-state index contributed by atoms with van der Waals surface area (Å²) in [4.78, 5) is 4.97. The van der Waals surface area contributed by atoms with E-state index < -0.39 is 0 Å². The van der Waals surface area contributed by atoms with E-state index in [1.807, 2.05) is 12.3 Å². The highest BCUT2D eigenvalue weighted by molar-refractivity contribution is 6.13. The minimum atomic E-state index is 0.859. The van der Waals surface area contributed by atoms with Gasteiger partial charge < -0.3 is 13.6 Å². The van der Waals surface area contributed by atoms with E-state index in [-0.39, 0.29) is 0 Å². The van der Waals surface area contributed by atoms with E-state index in [4.69, 9.17) is 9.40 Å². The molecule has 0 radical (unpaired) electrons. The lowest BCUT2D eigenvalue weighted by Crippen LogP contribution is -1.96. The van der Waals surface area contributed by atoms with Crippen LogP contribution in [-0.2, 0) is 0 Å². The third-order valence-corrected chi connectivity index (χ3v) is 12.1. The van der Waals surface area contributed by atoms with Crippen molar-refractivity contribution in [1.29, 1.82) is 0 Å². The molecule has 0 N–H and O–H groups in total. The third kappa shape index (κ3) is 4.38. The van der Waals surface area contributed by atoms with Crippen LogP contribution in [0.4, 0.5) is 0 Å². The van der Waals surface area contributed by atoms with Crippen molar-refractivity contribution in [2.24, 2.45) is 0 Å². The van der Waals surface area contributed by atoms with Gasteiger partial charge in [-0.1, -0.05) is 91.0 Å². The number of rotatable bonds is 4. The van der Waals surface area contributed by atoms with Gasteiger partial charge in [0.05, 0.1) is 27.6 Å². The highest BCUT2D eigenvalue weighted by atomic mass is 16.3. The van der Waals surface area contributed by atoms with Crippen molar-refractivity contribution in [3.05, 3.63) is 194 Å². The van der Waals surface area contributed by atoms with E-state index in [1.54, 1.807) is 0 Å². The molecule has 0 spiro atoms. The van der Waals surface area contributed by atoms with Crippen molar-refractivity contribution >= 4 is 87.5 Å². The van der Waals surface area contributed by atoms with Crippen molar-refractivity contribution < 1.29 is 4.42 Å². The third-order valence-electron chi connectivity index (χ3n) is 12.1. The summed E-state index contributed by atoms with van der Waals surface area (Å²) >= 11 is 0. The maximum Gasteiger partial charge on any atom is 0.145 e. The van der Waals surface area contributed by atoms with Crippen molar-refractivity contribution in [3.8, 4) is 28.2 Å². The largest absolute Gasteiger partial charge is 0.456 e. The molecule has 0 aliphatic rings. The lowest BCUT2D eigenvalue weighted by atomic mass is 10.0. The van der Waals surface area contributed by atoms with Crippen LogP contribution in [0.1, 0.15) is 0 Å². The Bertz CT molecular complexity index is 3710. The number of para-hydroxylation sites is 4. The lowest BCUT2D eigenvalue weighted by Gasteiger charge is -2.11. The second-order valence-corrected chi connectivity index (χ2v) is 15.2. The van der Waals surface area contributed by atoms with Crippen LogP contribution in [0.2, 0.25) is 0 Å². The number of furan rings is 1. The summed E-state index contributed by atoms with van der Waals surface area (Å²) in [6.07, 6.45) is 1.89. The Morgan fingerprint density at radius 3 is 1.45 bits per heavy atom. The first-order valence-corrected chi connectivity index (χ1v) is 19.7. The Labute approximate surface area is 331 Å². The molecule has 0 bridgehead atoms. The van der Waals surface area contributed by atoms with Gasteiger partial charge in [0.1, 0.15) is 16.8 Å². The predicted molar refractivity (Wildman–Crippen MR) is 240 cm³/mol. The molecular weight excluding hydrogens is 709 g/mol. The highest BCUT2D eigenvalue weighted by Crippen LogP contribution is 2.39. The summed E-state index contributed by atoms with van der Waals surface area (Å²) in [5.41, 5.74) is 14.1. The van der Waals surface area contributed by atoms with Crippen LogP contribution in [0.5, 0.6) is 0 Å². The first-order valence-electron chi connectivity index (χ1n) is 19.7. The van der Waals surface area contributed by atoms with Crippen molar-refractivity contribution in [1.82, 2.24) is 18.7 Å². The van der Waals surface area contributed by atoms with Gasteiger partial charge in [-0.3, -0.25) is 4.57 Å². The van der Waals surface area contributed by atoms with Crippen LogP contribution in [0.15, 0.2) is 199 Å². The van der Waals surface area contributed by atoms with Crippen LogP contribution in [0.25, 0.3) is 116 Å². The molecular formula is C53H32N4O. The molecule has 0 unspecified atom stereocenters. The Balaban J connectivity index is 0.961. The van der Waals surface area contributed by atoms with Gasteiger partial charge in [-0.15, -0.1) is 0 Å². The normalized spacial score (nSPS) is 12.1. The molecule has 5 nitrogen and oxygen atoms in total. The smallest absolute Gasteiger partial charge is 0.145 e. The molecule has 270 valence electrons. The molecule has 13 aromatic rings. The zero-order chi connectivity index (χ0) is 37.9. The van der Waals surface area contributed by atoms with E-state index in [9.17, 15) is 0 Å². The second kappa shape index (κ2) is 11.8. The van der Waals surface area contributed by atoms with Crippen molar-refractivity contribution in [2.45, 2.75) is 0 Å². The Morgan fingerprint density at radius 2 is 0.793 bits per heavy atom. The maximum absolute atomic E-state index is 6.47. The molecule has 13 rings (SSSR count). The molecule has 5 aromatic heterocycles. The number of pyridine rings is 1. The molecule has 8 aromatic carbocycles. The number of aromatic nitrogens is 4. The van der Waals surface area contributed by atoms with Gasteiger partial charge in [0, 0.05) is 66.3 Å². The molecule has 0 amide bonds. The summed E-state index contributed by atoms with van der Waals surface area (Å²) in [7, 11) is 0. The molecule has 0 aliphatic carbocycles. The zero-order valence-corrected chi connectivity index (χ0v) is 31.2. The maximum atomic E-state index is 6.47. The SMILES string of the molecule is c1cc(-c2ccc3oc4ccc(-n5c6ccc(-n7c8ccccc8c8ccccc87)cc6c6cccnc65)cc4c3c2)cc(-n2c3ccccc3c3ccccc32)c1. The van der Waals surface area contributed by atoms with Gasteiger partial charge in [-0.25, -0.2) is 4.98 Å². The van der Waals surface area contributed by atoms with Crippen LogP contribution < -0.4 is 0 Å². The van der Waals surface area contributed by atoms with Crippen molar-refractivity contribution in [2.75, 3.05) is 0 Å². The van der Waals surface area contributed by atoms with Gasteiger partial charge >= 0.3 is 0 Å². The van der Waals surface area contributed by atoms with Gasteiger partial charge in [-0.05, 0) is 108 Å². The van der Waals surface area contributed by atoms with E-state index in [1.165, 1.54) is 43.6 Å². The first-order chi connectivity index (χ1) is 28.8. The number of hydrogen-bond acceptors (Lipinski definition) is 2. The minimum Gasteiger partial charge on any atom is -0.456 e. The minimum absolute atomic E-state index is 0.859. The average Bonchev–Trinajstić information content (AvgIpc) is 4.02. The van der Waals surface area contributed by atoms with E-state index in [2.05, 4.69) is 196 Å². The Morgan fingerprint density at radius 1 is 0.310 bits per heavy atom. The molecule has 5 heterocycles. The van der Waals surface area contributed by atoms with Crippen LogP contribution >= 0.6 is 0 Å². The van der Waals surface area contributed by atoms with E-state index in [0.29, 0.717) is 0 Å². The summed E-state index contributed by atoms with van der Waals surface area (Å²) in [5, 5.41) is 9.44. The van der Waals surface area contributed by atoms with E-state index >= 15 is 0 Å². The molecule has 0 aliphatic heterocycles.